The standard InChI is InChI=1S/C15H22N2O4S/c1-4-22(19,20)16-9-10-17(12(2)18)14(11-16)13-7-5-6-8-15(13)21-3/h5-8,14H,4,9-11H2,1-3H3. The molecule has 1 aromatic rings. The maximum atomic E-state index is 12.2. The van der Waals surface area contributed by atoms with Crippen LogP contribution in [-0.4, -0.2) is 56.0 Å². The van der Waals surface area contributed by atoms with Gasteiger partial charge in [0.15, 0.2) is 0 Å². The first-order valence-corrected chi connectivity index (χ1v) is 8.89. The summed E-state index contributed by atoms with van der Waals surface area (Å²) in [6, 6.07) is 7.08. The van der Waals surface area contributed by atoms with Crippen molar-refractivity contribution in [3.63, 3.8) is 0 Å². The fraction of sp³-hybridized carbons (Fsp3) is 0.533. The quantitative estimate of drug-likeness (QED) is 0.835. The van der Waals surface area contributed by atoms with Crippen molar-refractivity contribution < 1.29 is 17.9 Å². The molecule has 0 radical (unpaired) electrons. The predicted molar refractivity (Wildman–Crippen MR) is 84.2 cm³/mol. The zero-order valence-electron chi connectivity index (χ0n) is 13.2. The summed E-state index contributed by atoms with van der Waals surface area (Å²) in [4.78, 5) is 13.6. The normalized spacial score (nSPS) is 20.0. The van der Waals surface area contributed by atoms with Crippen molar-refractivity contribution in [3.8, 4) is 5.75 Å². The van der Waals surface area contributed by atoms with Crippen LogP contribution in [0.25, 0.3) is 0 Å². The van der Waals surface area contributed by atoms with E-state index in [-0.39, 0.29) is 24.2 Å². The van der Waals surface area contributed by atoms with E-state index < -0.39 is 10.0 Å². The largest absolute Gasteiger partial charge is 0.496 e. The van der Waals surface area contributed by atoms with Crippen molar-refractivity contribution >= 4 is 15.9 Å². The van der Waals surface area contributed by atoms with Gasteiger partial charge < -0.3 is 9.64 Å². The van der Waals surface area contributed by atoms with E-state index in [1.807, 2.05) is 24.3 Å². The Morgan fingerprint density at radius 3 is 2.59 bits per heavy atom. The molecule has 122 valence electrons. The molecule has 1 amide bonds. The molecule has 0 aromatic heterocycles. The van der Waals surface area contributed by atoms with Gasteiger partial charge in [-0.05, 0) is 13.0 Å². The second-order valence-corrected chi connectivity index (χ2v) is 7.49. The van der Waals surface area contributed by atoms with Gasteiger partial charge in [-0.25, -0.2) is 8.42 Å². The van der Waals surface area contributed by atoms with Crippen LogP contribution in [0.4, 0.5) is 0 Å². The number of ether oxygens (including phenoxy) is 1. The lowest BCUT2D eigenvalue weighted by Crippen LogP contribution is -2.52. The molecule has 1 unspecified atom stereocenters. The molecule has 1 saturated heterocycles. The number of piperazine rings is 1. The van der Waals surface area contributed by atoms with Crippen LogP contribution < -0.4 is 4.74 Å². The molecule has 1 fully saturated rings. The van der Waals surface area contributed by atoms with E-state index in [9.17, 15) is 13.2 Å². The molecule has 1 aromatic carbocycles. The van der Waals surface area contributed by atoms with Gasteiger partial charge in [-0.2, -0.15) is 4.31 Å². The number of hydrogen-bond donors (Lipinski definition) is 0. The Bertz CT molecular complexity index is 645. The minimum atomic E-state index is -3.28. The van der Waals surface area contributed by atoms with E-state index in [0.717, 1.165) is 5.56 Å². The topological polar surface area (TPSA) is 66.9 Å². The minimum Gasteiger partial charge on any atom is -0.496 e. The van der Waals surface area contributed by atoms with Crippen molar-refractivity contribution in [1.82, 2.24) is 9.21 Å². The van der Waals surface area contributed by atoms with Gasteiger partial charge in [-0.3, -0.25) is 4.79 Å². The number of carbonyl (C=O) groups excluding carboxylic acids is 1. The third-order valence-corrected chi connectivity index (χ3v) is 5.85. The lowest BCUT2D eigenvalue weighted by Gasteiger charge is -2.40. The zero-order valence-corrected chi connectivity index (χ0v) is 14.0. The SMILES string of the molecule is CCS(=O)(=O)N1CCN(C(C)=O)C(c2ccccc2OC)C1. The number of nitrogens with zero attached hydrogens (tertiary/aromatic N) is 2. The van der Waals surface area contributed by atoms with E-state index in [1.165, 1.54) is 11.2 Å². The number of sulfonamides is 1. The monoisotopic (exact) mass is 326 g/mol. The van der Waals surface area contributed by atoms with Gasteiger partial charge in [-0.15, -0.1) is 0 Å². The summed E-state index contributed by atoms with van der Waals surface area (Å²) >= 11 is 0. The van der Waals surface area contributed by atoms with Crippen molar-refractivity contribution in [3.05, 3.63) is 29.8 Å². The lowest BCUT2D eigenvalue weighted by atomic mass is 10.0. The minimum absolute atomic E-state index is 0.0612. The summed E-state index contributed by atoms with van der Waals surface area (Å²) in [6.07, 6.45) is 0. The van der Waals surface area contributed by atoms with Crippen LogP contribution in [0.3, 0.4) is 0 Å². The molecule has 1 heterocycles. The molecular formula is C15H22N2O4S. The van der Waals surface area contributed by atoms with Crippen LogP contribution in [0, 0.1) is 0 Å². The molecular weight excluding hydrogens is 304 g/mol. The van der Waals surface area contributed by atoms with Crippen molar-refractivity contribution in [1.29, 1.82) is 0 Å². The zero-order chi connectivity index (χ0) is 16.3. The number of rotatable bonds is 4. The lowest BCUT2D eigenvalue weighted by molar-refractivity contribution is -0.133. The van der Waals surface area contributed by atoms with Gasteiger partial charge in [0.25, 0.3) is 0 Å². The van der Waals surface area contributed by atoms with Crippen LogP contribution >= 0.6 is 0 Å². The molecule has 1 aliphatic rings. The number of methoxy groups -OCH3 is 1. The third-order valence-electron chi connectivity index (χ3n) is 4.00. The van der Waals surface area contributed by atoms with Gasteiger partial charge in [-0.1, -0.05) is 18.2 Å². The highest BCUT2D eigenvalue weighted by Crippen LogP contribution is 2.32. The Labute approximate surface area is 131 Å². The summed E-state index contributed by atoms with van der Waals surface area (Å²) in [5.41, 5.74) is 0.830. The molecule has 0 saturated carbocycles. The Morgan fingerprint density at radius 2 is 2.00 bits per heavy atom. The number of carbonyl (C=O) groups is 1. The number of amides is 1. The van der Waals surface area contributed by atoms with Crippen LogP contribution in [0.15, 0.2) is 24.3 Å². The van der Waals surface area contributed by atoms with E-state index in [2.05, 4.69) is 0 Å². The van der Waals surface area contributed by atoms with Crippen LogP contribution in [0.1, 0.15) is 25.5 Å². The second-order valence-electron chi connectivity index (χ2n) is 5.23. The number of benzene rings is 1. The summed E-state index contributed by atoms with van der Waals surface area (Å²) in [6.45, 7) is 4.12. The molecule has 1 aliphatic heterocycles. The molecule has 0 aliphatic carbocycles. The van der Waals surface area contributed by atoms with Gasteiger partial charge in [0.05, 0.1) is 18.9 Å². The molecule has 0 spiro atoms. The number of hydrogen-bond acceptors (Lipinski definition) is 4. The van der Waals surface area contributed by atoms with E-state index in [1.54, 1.807) is 18.9 Å². The summed E-state index contributed by atoms with van der Waals surface area (Å²) < 4.78 is 31.1. The fourth-order valence-corrected chi connectivity index (χ4v) is 3.87. The first-order valence-electron chi connectivity index (χ1n) is 7.28. The first kappa shape index (κ1) is 16.8. The van der Waals surface area contributed by atoms with E-state index in [4.69, 9.17) is 4.74 Å². The van der Waals surface area contributed by atoms with Crippen molar-refractivity contribution in [2.75, 3.05) is 32.5 Å². The summed E-state index contributed by atoms with van der Waals surface area (Å²) in [7, 11) is -1.71. The van der Waals surface area contributed by atoms with Crippen molar-refractivity contribution in [2.24, 2.45) is 0 Å². The van der Waals surface area contributed by atoms with Gasteiger partial charge in [0.2, 0.25) is 15.9 Å². The Balaban J connectivity index is 2.40. The molecule has 6 nitrogen and oxygen atoms in total. The maximum Gasteiger partial charge on any atom is 0.220 e. The van der Waals surface area contributed by atoms with Crippen LogP contribution in [-0.2, 0) is 14.8 Å². The van der Waals surface area contributed by atoms with Crippen molar-refractivity contribution in [2.45, 2.75) is 19.9 Å². The fourth-order valence-electron chi connectivity index (χ4n) is 2.78. The molecule has 22 heavy (non-hydrogen) atoms. The second kappa shape index (κ2) is 6.66. The molecule has 1 atom stereocenters. The molecule has 0 N–H and O–H groups in total. The third kappa shape index (κ3) is 3.25. The molecule has 7 heteroatoms. The number of para-hydroxylation sites is 1. The maximum absolute atomic E-state index is 12.2. The Kier molecular flexibility index (Phi) is 5.08. The summed E-state index contributed by atoms with van der Waals surface area (Å²) in [5.74, 6) is 0.657. The van der Waals surface area contributed by atoms with Crippen LogP contribution in [0.5, 0.6) is 5.75 Å². The van der Waals surface area contributed by atoms with Gasteiger partial charge in [0.1, 0.15) is 5.75 Å². The molecule has 0 bridgehead atoms. The predicted octanol–water partition coefficient (Wildman–Crippen LogP) is 1.25. The highest BCUT2D eigenvalue weighted by molar-refractivity contribution is 7.89. The average molecular weight is 326 g/mol. The highest BCUT2D eigenvalue weighted by atomic mass is 32.2. The van der Waals surface area contributed by atoms with E-state index in [0.29, 0.717) is 18.8 Å². The Hall–Kier alpha value is -1.60. The van der Waals surface area contributed by atoms with Gasteiger partial charge in [0, 0.05) is 32.1 Å². The average Bonchev–Trinajstić information content (AvgIpc) is 2.54. The first-order chi connectivity index (χ1) is 10.4. The van der Waals surface area contributed by atoms with Crippen LogP contribution in [0.2, 0.25) is 0 Å². The Morgan fingerprint density at radius 1 is 1.32 bits per heavy atom. The van der Waals surface area contributed by atoms with E-state index >= 15 is 0 Å². The highest BCUT2D eigenvalue weighted by Gasteiger charge is 2.35. The smallest absolute Gasteiger partial charge is 0.220 e. The van der Waals surface area contributed by atoms with Gasteiger partial charge >= 0.3 is 0 Å². The summed E-state index contributed by atoms with van der Waals surface area (Å²) in [5, 5.41) is 0. The molecule has 2 rings (SSSR count).